The van der Waals surface area contributed by atoms with Crippen LogP contribution in [0, 0.1) is 0 Å². The van der Waals surface area contributed by atoms with Crippen LogP contribution in [0.4, 0.5) is 0 Å². The van der Waals surface area contributed by atoms with E-state index in [1.165, 1.54) is 0 Å². The van der Waals surface area contributed by atoms with Crippen LogP contribution < -0.4 is 5.69 Å². The van der Waals surface area contributed by atoms with Crippen molar-refractivity contribution in [1.29, 1.82) is 0 Å². The Morgan fingerprint density at radius 2 is 2.14 bits per heavy atom. The number of fused-ring (bicyclic) bond motifs is 1. The Hall–Kier alpha value is -2.08. The van der Waals surface area contributed by atoms with Gasteiger partial charge in [0.25, 0.3) is 0 Å². The van der Waals surface area contributed by atoms with Crippen molar-refractivity contribution in [2.24, 2.45) is 0 Å². The van der Waals surface area contributed by atoms with Gasteiger partial charge in [0.15, 0.2) is 5.16 Å². The van der Waals surface area contributed by atoms with Crippen LogP contribution in [0.5, 0.6) is 0 Å². The molecule has 108 valence electrons. The first-order chi connectivity index (χ1) is 10.3. The van der Waals surface area contributed by atoms with Gasteiger partial charge in [-0.15, -0.1) is 5.10 Å². The second kappa shape index (κ2) is 6.13. The molecule has 0 radical (unpaired) electrons. The summed E-state index contributed by atoms with van der Waals surface area (Å²) in [6, 6.07) is 10.1. The SMILES string of the molecule is CCCn1c(SCc2cccc3cccnc23)n[nH]c1=O. The number of benzene rings is 1. The third-order valence-electron chi connectivity index (χ3n) is 3.24. The predicted molar refractivity (Wildman–Crippen MR) is 84.4 cm³/mol. The number of nitrogens with zero attached hydrogens (tertiary/aromatic N) is 3. The second-order valence-electron chi connectivity index (χ2n) is 4.74. The van der Waals surface area contributed by atoms with Crippen LogP contribution in [-0.4, -0.2) is 19.7 Å². The number of rotatable bonds is 5. The van der Waals surface area contributed by atoms with Gasteiger partial charge in [-0.25, -0.2) is 9.89 Å². The summed E-state index contributed by atoms with van der Waals surface area (Å²) in [6.07, 6.45) is 2.71. The smallest absolute Gasteiger partial charge is 0.270 e. The first kappa shape index (κ1) is 13.9. The number of pyridine rings is 1. The van der Waals surface area contributed by atoms with Crippen molar-refractivity contribution in [2.45, 2.75) is 30.8 Å². The molecule has 0 aliphatic carbocycles. The largest absolute Gasteiger partial charge is 0.343 e. The van der Waals surface area contributed by atoms with Gasteiger partial charge >= 0.3 is 5.69 Å². The standard InChI is InChI=1S/C15H16N4OS/c1-2-9-19-14(20)17-18-15(19)21-10-12-6-3-5-11-7-4-8-16-13(11)12/h3-8H,2,9-10H2,1H3,(H,17,20). The van der Waals surface area contributed by atoms with Crippen LogP contribution in [0.2, 0.25) is 0 Å². The molecule has 0 amide bonds. The maximum absolute atomic E-state index is 11.7. The molecule has 3 rings (SSSR count). The second-order valence-corrected chi connectivity index (χ2v) is 5.69. The molecule has 0 aliphatic heterocycles. The van der Waals surface area contributed by atoms with Gasteiger partial charge in [0.1, 0.15) is 0 Å². The van der Waals surface area contributed by atoms with E-state index < -0.39 is 0 Å². The number of thioether (sulfide) groups is 1. The summed E-state index contributed by atoms with van der Waals surface area (Å²) >= 11 is 1.56. The van der Waals surface area contributed by atoms with Crippen molar-refractivity contribution in [3.8, 4) is 0 Å². The Morgan fingerprint density at radius 3 is 3.00 bits per heavy atom. The van der Waals surface area contributed by atoms with Gasteiger partial charge in [-0.1, -0.05) is 43.0 Å². The lowest BCUT2D eigenvalue weighted by Gasteiger charge is -2.06. The molecule has 0 bridgehead atoms. The zero-order chi connectivity index (χ0) is 14.7. The first-order valence-corrected chi connectivity index (χ1v) is 7.89. The van der Waals surface area contributed by atoms with Crippen molar-refractivity contribution in [1.82, 2.24) is 19.7 Å². The van der Waals surface area contributed by atoms with Crippen molar-refractivity contribution in [2.75, 3.05) is 0 Å². The Morgan fingerprint density at radius 1 is 1.29 bits per heavy atom. The zero-order valence-corrected chi connectivity index (χ0v) is 12.6. The van der Waals surface area contributed by atoms with Crippen LogP contribution in [0.25, 0.3) is 10.9 Å². The lowest BCUT2D eigenvalue weighted by atomic mass is 10.1. The van der Waals surface area contributed by atoms with E-state index in [1.54, 1.807) is 22.5 Å². The molecule has 2 heterocycles. The van der Waals surface area contributed by atoms with Crippen molar-refractivity contribution in [3.63, 3.8) is 0 Å². The highest BCUT2D eigenvalue weighted by atomic mass is 32.2. The van der Waals surface area contributed by atoms with Crippen molar-refractivity contribution in [3.05, 3.63) is 52.6 Å². The average molecular weight is 300 g/mol. The Kier molecular flexibility index (Phi) is 4.06. The van der Waals surface area contributed by atoms with Crippen LogP contribution in [-0.2, 0) is 12.3 Å². The minimum absolute atomic E-state index is 0.143. The fraction of sp³-hybridized carbons (Fsp3) is 0.267. The maximum Gasteiger partial charge on any atom is 0.343 e. The lowest BCUT2D eigenvalue weighted by Crippen LogP contribution is -2.17. The summed E-state index contributed by atoms with van der Waals surface area (Å²) in [5.74, 6) is 0.738. The van der Waals surface area contributed by atoms with Crippen molar-refractivity contribution < 1.29 is 0 Å². The molecule has 0 unspecified atom stereocenters. The topological polar surface area (TPSA) is 63.6 Å². The lowest BCUT2D eigenvalue weighted by molar-refractivity contribution is 0.604. The number of hydrogen-bond donors (Lipinski definition) is 1. The molecule has 5 nitrogen and oxygen atoms in total. The molecule has 21 heavy (non-hydrogen) atoms. The van der Waals surface area contributed by atoms with E-state index in [4.69, 9.17) is 0 Å². The molecule has 6 heteroatoms. The summed E-state index contributed by atoms with van der Waals surface area (Å²) < 4.78 is 1.68. The van der Waals surface area contributed by atoms with E-state index in [9.17, 15) is 4.79 Å². The van der Waals surface area contributed by atoms with Crippen LogP contribution in [0.3, 0.4) is 0 Å². The van der Waals surface area contributed by atoms with Gasteiger partial charge in [-0.05, 0) is 18.1 Å². The molecule has 0 aliphatic rings. The minimum Gasteiger partial charge on any atom is -0.270 e. The van der Waals surface area contributed by atoms with Crippen LogP contribution in [0.1, 0.15) is 18.9 Å². The fourth-order valence-corrected chi connectivity index (χ4v) is 3.22. The third-order valence-corrected chi connectivity index (χ3v) is 4.27. The molecular formula is C15H16N4OS. The number of H-pyrrole nitrogens is 1. The molecule has 0 atom stereocenters. The molecule has 1 aromatic carbocycles. The molecule has 0 saturated heterocycles. The highest BCUT2D eigenvalue weighted by Crippen LogP contribution is 2.24. The maximum atomic E-state index is 11.7. The first-order valence-electron chi connectivity index (χ1n) is 6.90. The van der Waals surface area contributed by atoms with E-state index in [-0.39, 0.29) is 5.69 Å². The van der Waals surface area contributed by atoms with Gasteiger partial charge in [-0.2, -0.15) is 0 Å². The zero-order valence-electron chi connectivity index (χ0n) is 11.7. The van der Waals surface area contributed by atoms with E-state index in [0.29, 0.717) is 6.54 Å². The third kappa shape index (κ3) is 2.85. The number of hydrogen-bond acceptors (Lipinski definition) is 4. The van der Waals surface area contributed by atoms with Gasteiger partial charge in [0.05, 0.1) is 5.52 Å². The molecule has 1 N–H and O–H groups in total. The van der Waals surface area contributed by atoms with E-state index in [1.807, 2.05) is 19.1 Å². The average Bonchev–Trinajstić information content (AvgIpc) is 2.86. The van der Waals surface area contributed by atoms with Crippen LogP contribution in [0.15, 0.2) is 46.5 Å². The summed E-state index contributed by atoms with van der Waals surface area (Å²) in [7, 11) is 0. The number of aromatic nitrogens is 4. The summed E-state index contributed by atoms with van der Waals surface area (Å²) in [4.78, 5) is 16.1. The molecule has 0 spiro atoms. The minimum atomic E-state index is -0.143. The van der Waals surface area contributed by atoms with E-state index >= 15 is 0 Å². The summed E-state index contributed by atoms with van der Waals surface area (Å²) in [5, 5.41) is 8.47. The van der Waals surface area contributed by atoms with Gasteiger partial charge in [0, 0.05) is 23.9 Å². The predicted octanol–water partition coefficient (Wildman–Crippen LogP) is 2.82. The van der Waals surface area contributed by atoms with E-state index in [2.05, 4.69) is 33.4 Å². The molecule has 0 fully saturated rings. The summed E-state index contributed by atoms with van der Waals surface area (Å²) in [6.45, 7) is 2.73. The van der Waals surface area contributed by atoms with Crippen molar-refractivity contribution >= 4 is 22.7 Å². The Labute approximate surface area is 126 Å². The van der Waals surface area contributed by atoms with E-state index in [0.717, 1.165) is 33.8 Å². The van der Waals surface area contributed by atoms with Crippen LogP contribution >= 0.6 is 11.8 Å². The fourth-order valence-electron chi connectivity index (χ4n) is 2.26. The number of para-hydroxylation sites is 1. The normalized spacial score (nSPS) is 11.1. The Bertz CT molecular complexity index is 803. The Balaban J connectivity index is 1.86. The molecular weight excluding hydrogens is 284 g/mol. The van der Waals surface area contributed by atoms with Gasteiger partial charge in [-0.3, -0.25) is 9.55 Å². The quantitative estimate of drug-likeness (QED) is 0.736. The molecule has 2 aromatic heterocycles. The summed E-state index contributed by atoms with van der Waals surface area (Å²) in [5.41, 5.74) is 2.01. The highest BCUT2D eigenvalue weighted by Gasteiger charge is 2.09. The molecule has 0 saturated carbocycles. The number of nitrogens with one attached hydrogen (secondary N) is 1. The van der Waals surface area contributed by atoms with Gasteiger partial charge in [0.2, 0.25) is 0 Å². The van der Waals surface area contributed by atoms with Gasteiger partial charge < -0.3 is 0 Å². The highest BCUT2D eigenvalue weighted by molar-refractivity contribution is 7.98. The molecule has 3 aromatic rings. The number of aromatic amines is 1. The monoisotopic (exact) mass is 300 g/mol.